The molecule has 6 nitrogen and oxygen atoms in total. The van der Waals surface area contributed by atoms with Crippen molar-refractivity contribution in [3.8, 4) is 0 Å². The van der Waals surface area contributed by atoms with E-state index in [2.05, 4.69) is 5.32 Å². The van der Waals surface area contributed by atoms with E-state index < -0.39 is 17.8 Å². The van der Waals surface area contributed by atoms with Crippen molar-refractivity contribution in [1.29, 1.82) is 0 Å². The number of nitrogens with zero attached hydrogens (tertiary/aromatic N) is 1. The van der Waals surface area contributed by atoms with Gasteiger partial charge >= 0.3 is 5.97 Å². The van der Waals surface area contributed by atoms with Gasteiger partial charge in [0.05, 0.1) is 12.0 Å². The largest absolute Gasteiger partial charge is 0.455 e. The number of anilines is 1. The van der Waals surface area contributed by atoms with Gasteiger partial charge in [-0.3, -0.25) is 14.4 Å². The van der Waals surface area contributed by atoms with Crippen LogP contribution in [-0.2, 0) is 19.1 Å². The van der Waals surface area contributed by atoms with Crippen LogP contribution in [0.25, 0.3) is 0 Å². The van der Waals surface area contributed by atoms with E-state index >= 15 is 0 Å². The maximum Gasteiger partial charge on any atom is 0.311 e. The van der Waals surface area contributed by atoms with Crippen molar-refractivity contribution >= 4 is 35.1 Å². The minimum absolute atomic E-state index is 0.0766. The summed E-state index contributed by atoms with van der Waals surface area (Å²) in [6.07, 6.45) is 0.0766. The van der Waals surface area contributed by atoms with E-state index in [0.29, 0.717) is 5.02 Å². The molecule has 29 heavy (non-hydrogen) atoms. The lowest BCUT2D eigenvalue weighted by Gasteiger charge is -2.17. The van der Waals surface area contributed by atoms with E-state index in [0.717, 1.165) is 16.8 Å². The number of amides is 2. The highest BCUT2D eigenvalue weighted by Gasteiger charge is 2.36. The molecule has 7 heteroatoms. The van der Waals surface area contributed by atoms with Crippen LogP contribution < -0.4 is 10.2 Å². The molecule has 0 saturated carbocycles. The highest BCUT2D eigenvalue weighted by atomic mass is 35.5. The van der Waals surface area contributed by atoms with Gasteiger partial charge in [0.25, 0.3) is 5.91 Å². The fourth-order valence-electron chi connectivity index (χ4n) is 3.24. The first-order valence-corrected chi connectivity index (χ1v) is 9.80. The molecule has 1 aliphatic heterocycles. The van der Waals surface area contributed by atoms with Gasteiger partial charge in [-0.2, -0.15) is 0 Å². The Hall–Kier alpha value is -2.86. The Morgan fingerprint density at radius 2 is 1.97 bits per heavy atom. The highest BCUT2D eigenvalue weighted by molar-refractivity contribution is 6.30. The quantitative estimate of drug-likeness (QED) is 0.735. The molecular weight excluding hydrogens is 392 g/mol. The lowest BCUT2D eigenvalue weighted by atomic mass is 10.1. The Morgan fingerprint density at radius 3 is 2.66 bits per heavy atom. The Kier molecular flexibility index (Phi) is 6.54. The number of carbonyl (C=O) groups is 3. The lowest BCUT2D eigenvalue weighted by Crippen LogP contribution is -2.32. The predicted molar refractivity (Wildman–Crippen MR) is 111 cm³/mol. The van der Waals surface area contributed by atoms with Crippen molar-refractivity contribution in [2.45, 2.75) is 26.3 Å². The van der Waals surface area contributed by atoms with Crippen LogP contribution in [0.15, 0.2) is 48.5 Å². The van der Waals surface area contributed by atoms with Gasteiger partial charge in [-0.15, -0.1) is 0 Å². The van der Waals surface area contributed by atoms with E-state index in [4.69, 9.17) is 16.3 Å². The second-order valence-corrected chi connectivity index (χ2v) is 7.63. The van der Waals surface area contributed by atoms with Crippen molar-refractivity contribution < 1.29 is 19.1 Å². The highest BCUT2D eigenvalue weighted by Crippen LogP contribution is 2.26. The van der Waals surface area contributed by atoms with Crippen LogP contribution in [0.2, 0.25) is 5.02 Å². The third-order valence-corrected chi connectivity index (χ3v) is 5.11. The number of carbonyl (C=O) groups excluding carboxylic acids is 3. The molecule has 3 rings (SSSR count). The Labute approximate surface area is 174 Å². The van der Waals surface area contributed by atoms with Gasteiger partial charge in [0, 0.05) is 23.7 Å². The second kappa shape index (κ2) is 9.09. The van der Waals surface area contributed by atoms with Gasteiger partial charge in [-0.25, -0.2) is 0 Å². The van der Waals surface area contributed by atoms with E-state index in [-0.39, 0.29) is 31.5 Å². The zero-order valence-electron chi connectivity index (χ0n) is 16.4. The van der Waals surface area contributed by atoms with Crippen LogP contribution >= 0.6 is 11.6 Å². The third-order valence-electron chi connectivity index (χ3n) is 4.88. The van der Waals surface area contributed by atoms with Crippen LogP contribution in [0.5, 0.6) is 0 Å². The van der Waals surface area contributed by atoms with Crippen molar-refractivity contribution in [2.75, 3.05) is 18.1 Å². The summed E-state index contributed by atoms with van der Waals surface area (Å²) in [5.41, 5.74) is 2.70. The standard InChI is InChI=1S/C22H23ClN2O4/c1-14-6-8-19(9-7-14)25-12-17(11-21(25)27)22(28)29-13-20(26)24-15(2)16-4-3-5-18(23)10-16/h3-10,15,17H,11-13H2,1-2H3,(H,24,26)/t15-,17-/m0/s1. The van der Waals surface area contributed by atoms with Crippen molar-refractivity contribution in [3.05, 3.63) is 64.7 Å². The Morgan fingerprint density at radius 1 is 1.24 bits per heavy atom. The molecule has 2 amide bonds. The number of aryl methyl sites for hydroxylation is 1. The van der Waals surface area contributed by atoms with E-state index in [9.17, 15) is 14.4 Å². The molecule has 0 aliphatic carbocycles. The molecule has 2 aromatic rings. The first-order chi connectivity index (χ1) is 13.8. The van der Waals surface area contributed by atoms with Crippen LogP contribution in [0.3, 0.4) is 0 Å². The van der Waals surface area contributed by atoms with E-state index in [1.807, 2.05) is 44.2 Å². The van der Waals surface area contributed by atoms with Crippen LogP contribution in [0.1, 0.15) is 30.5 Å². The van der Waals surface area contributed by atoms with E-state index in [1.165, 1.54) is 0 Å². The van der Waals surface area contributed by atoms with Gasteiger partial charge in [0.2, 0.25) is 5.91 Å². The molecule has 1 N–H and O–H groups in total. The second-order valence-electron chi connectivity index (χ2n) is 7.19. The molecule has 2 atom stereocenters. The average Bonchev–Trinajstić information content (AvgIpc) is 3.08. The number of benzene rings is 2. The third kappa shape index (κ3) is 5.35. The molecule has 152 valence electrons. The Balaban J connectivity index is 1.49. The summed E-state index contributed by atoms with van der Waals surface area (Å²) >= 11 is 5.96. The first-order valence-electron chi connectivity index (χ1n) is 9.42. The first kappa shape index (κ1) is 20.9. The Bertz CT molecular complexity index is 913. The average molecular weight is 415 g/mol. The lowest BCUT2D eigenvalue weighted by molar-refractivity contribution is -0.152. The summed E-state index contributed by atoms with van der Waals surface area (Å²) < 4.78 is 5.14. The molecule has 0 aromatic heterocycles. The summed E-state index contributed by atoms with van der Waals surface area (Å²) in [5.74, 6) is -1.67. The SMILES string of the molecule is Cc1ccc(N2C[C@@H](C(=O)OCC(=O)N[C@@H](C)c3cccc(Cl)c3)CC2=O)cc1. The molecule has 2 aromatic carbocycles. The molecule has 1 heterocycles. The number of hydrogen-bond acceptors (Lipinski definition) is 4. The minimum Gasteiger partial charge on any atom is -0.455 e. The molecule has 1 aliphatic rings. The number of rotatable bonds is 6. The molecule has 1 fully saturated rings. The molecule has 1 saturated heterocycles. The number of halogens is 1. The van der Waals surface area contributed by atoms with Gasteiger partial charge in [-0.1, -0.05) is 41.4 Å². The summed E-state index contributed by atoms with van der Waals surface area (Å²) in [7, 11) is 0. The van der Waals surface area contributed by atoms with Crippen molar-refractivity contribution in [3.63, 3.8) is 0 Å². The van der Waals surface area contributed by atoms with Crippen LogP contribution in [0.4, 0.5) is 5.69 Å². The van der Waals surface area contributed by atoms with Crippen molar-refractivity contribution in [1.82, 2.24) is 5.32 Å². The fraction of sp³-hybridized carbons (Fsp3) is 0.318. The van der Waals surface area contributed by atoms with E-state index in [1.54, 1.807) is 23.1 Å². The topological polar surface area (TPSA) is 75.7 Å². The zero-order valence-corrected chi connectivity index (χ0v) is 17.1. The van der Waals surface area contributed by atoms with Crippen LogP contribution in [-0.4, -0.2) is 30.9 Å². The maximum absolute atomic E-state index is 12.3. The monoisotopic (exact) mass is 414 g/mol. The minimum atomic E-state index is -0.582. The summed E-state index contributed by atoms with van der Waals surface area (Å²) in [4.78, 5) is 38.3. The molecule has 0 bridgehead atoms. The number of hydrogen-bond donors (Lipinski definition) is 1. The van der Waals surface area contributed by atoms with Gasteiger partial charge in [-0.05, 0) is 43.7 Å². The van der Waals surface area contributed by atoms with Crippen molar-refractivity contribution in [2.24, 2.45) is 5.92 Å². The summed E-state index contributed by atoms with van der Waals surface area (Å²) in [5, 5.41) is 3.35. The fourth-order valence-corrected chi connectivity index (χ4v) is 3.44. The smallest absolute Gasteiger partial charge is 0.311 e. The number of ether oxygens (including phenoxy) is 1. The molecule has 0 radical (unpaired) electrons. The molecule has 0 unspecified atom stereocenters. The summed E-state index contributed by atoms with van der Waals surface area (Å²) in [6, 6.07) is 14.4. The zero-order chi connectivity index (χ0) is 21.0. The van der Waals surface area contributed by atoms with Gasteiger partial charge in [0.15, 0.2) is 6.61 Å². The molecular formula is C22H23ClN2O4. The normalized spacial score (nSPS) is 17.1. The summed E-state index contributed by atoms with van der Waals surface area (Å²) in [6.45, 7) is 3.65. The number of nitrogens with one attached hydrogen (secondary N) is 1. The maximum atomic E-state index is 12.3. The van der Waals surface area contributed by atoms with Gasteiger partial charge < -0.3 is 15.0 Å². The van der Waals surface area contributed by atoms with Crippen LogP contribution in [0, 0.1) is 12.8 Å². The predicted octanol–water partition coefficient (Wildman–Crippen LogP) is 3.42. The number of esters is 1. The van der Waals surface area contributed by atoms with Gasteiger partial charge in [0.1, 0.15) is 0 Å². The molecule has 0 spiro atoms.